The molecule has 1 spiro atoms. The van der Waals surface area contributed by atoms with Crippen molar-refractivity contribution >= 4 is 18.3 Å². The van der Waals surface area contributed by atoms with Crippen LogP contribution in [0.1, 0.15) is 31.7 Å². The monoisotopic (exact) mass is 352 g/mol. The number of halogens is 1. The number of likely N-dealkylation sites (N-methyl/N-ethyl adjacent to an activating group) is 1. The summed E-state index contributed by atoms with van der Waals surface area (Å²) < 4.78 is 5.43. The van der Waals surface area contributed by atoms with E-state index in [2.05, 4.69) is 18.3 Å². The van der Waals surface area contributed by atoms with Crippen molar-refractivity contribution in [3.63, 3.8) is 0 Å². The first-order valence-corrected chi connectivity index (χ1v) is 8.67. The van der Waals surface area contributed by atoms with Crippen molar-refractivity contribution in [2.75, 3.05) is 27.2 Å². The van der Waals surface area contributed by atoms with Gasteiger partial charge in [-0.2, -0.15) is 0 Å². The number of nitrogens with zero attached hydrogens (tertiary/aromatic N) is 1. The summed E-state index contributed by atoms with van der Waals surface area (Å²) in [5.41, 5.74) is 1.47. The minimum absolute atomic E-state index is 0. The minimum atomic E-state index is 0. The highest BCUT2D eigenvalue weighted by Crippen LogP contribution is 2.59. The van der Waals surface area contributed by atoms with E-state index in [1.807, 2.05) is 30.1 Å². The number of carbonyl (C=O) groups is 1. The number of hydrogen-bond donors (Lipinski definition) is 1. The van der Waals surface area contributed by atoms with E-state index in [-0.39, 0.29) is 24.4 Å². The van der Waals surface area contributed by atoms with E-state index in [4.69, 9.17) is 4.74 Å². The zero-order chi connectivity index (χ0) is 16.4. The van der Waals surface area contributed by atoms with Crippen molar-refractivity contribution in [3.8, 4) is 5.75 Å². The van der Waals surface area contributed by atoms with Crippen LogP contribution in [0.15, 0.2) is 24.3 Å². The lowest BCUT2D eigenvalue weighted by molar-refractivity contribution is -0.134. The smallest absolute Gasteiger partial charge is 0.226 e. The summed E-state index contributed by atoms with van der Waals surface area (Å²) in [5, 5.41) is 3.40. The van der Waals surface area contributed by atoms with E-state index in [9.17, 15) is 4.79 Å². The molecule has 5 heteroatoms. The molecular weight excluding hydrogens is 324 g/mol. The topological polar surface area (TPSA) is 41.6 Å². The number of para-hydroxylation sites is 1. The number of hydrogen-bond acceptors (Lipinski definition) is 3. The molecule has 1 saturated carbocycles. The van der Waals surface area contributed by atoms with Crippen molar-refractivity contribution in [1.29, 1.82) is 0 Å². The van der Waals surface area contributed by atoms with Gasteiger partial charge in [-0.25, -0.2) is 0 Å². The molecule has 2 unspecified atom stereocenters. The molecule has 2 atom stereocenters. The lowest BCUT2D eigenvalue weighted by Gasteiger charge is -2.28. The Balaban J connectivity index is 0.00000208. The molecule has 0 radical (unpaired) electrons. The maximum atomic E-state index is 12.8. The molecule has 2 aliphatic rings. The molecule has 2 fully saturated rings. The lowest BCUT2D eigenvalue weighted by atomic mass is 9.91. The molecule has 0 aromatic heterocycles. The summed E-state index contributed by atoms with van der Waals surface area (Å²) >= 11 is 0. The molecule has 3 rings (SSSR count). The van der Waals surface area contributed by atoms with Gasteiger partial charge in [-0.1, -0.05) is 18.2 Å². The van der Waals surface area contributed by atoms with E-state index >= 15 is 0 Å². The predicted molar refractivity (Wildman–Crippen MR) is 98.8 cm³/mol. The molecule has 24 heavy (non-hydrogen) atoms. The van der Waals surface area contributed by atoms with Crippen LogP contribution in [0.2, 0.25) is 0 Å². The fraction of sp³-hybridized carbons (Fsp3) is 0.632. The van der Waals surface area contributed by atoms with Crippen LogP contribution in [-0.4, -0.2) is 44.1 Å². The molecule has 1 amide bonds. The van der Waals surface area contributed by atoms with Crippen molar-refractivity contribution < 1.29 is 9.53 Å². The Morgan fingerprint density at radius 1 is 1.38 bits per heavy atom. The van der Waals surface area contributed by atoms with Gasteiger partial charge < -0.3 is 15.0 Å². The summed E-state index contributed by atoms with van der Waals surface area (Å²) in [7, 11) is 3.65. The number of benzene rings is 1. The van der Waals surface area contributed by atoms with E-state index < -0.39 is 0 Å². The van der Waals surface area contributed by atoms with Gasteiger partial charge in [0, 0.05) is 19.0 Å². The van der Waals surface area contributed by atoms with Crippen molar-refractivity contribution in [2.24, 2.45) is 11.3 Å². The molecule has 1 N–H and O–H groups in total. The second-order valence-electron chi connectivity index (χ2n) is 7.18. The third-order valence-corrected chi connectivity index (χ3v) is 5.80. The lowest BCUT2D eigenvalue weighted by Crippen LogP contribution is -2.39. The fourth-order valence-electron chi connectivity index (χ4n) is 3.96. The molecule has 134 valence electrons. The number of ether oxygens (including phenoxy) is 1. The highest BCUT2D eigenvalue weighted by molar-refractivity contribution is 5.85. The Morgan fingerprint density at radius 2 is 2.04 bits per heavy atom. The van der Waals surface area contributed by atoms with Crippen LogP contribution in [0.5, 0.6) is 5.75 Å². The predicted octanol–water partition coefficient (Wildman–Crippen LogP) is 2.90. The second kappa shape index (κ2) is 7.75. The van der Waals surface area contributed by atoms with E-state index in [0.29, 0.717) is 11.3 Å². The summed E-state index contributed by atoms with van der Waals surface area (Å²) in [6.45, 7) is 4.25. The maximum Gasteiger partial charge on any atom is 0.226 e. The van der Waals surface area contributed by atoms with Gasteiger partial charge in [0.1, 0.15) is 5.75 Å². The van der Waals surface area contributed by atoms with Gasteiger partial charge >= 0.3 is 0 Å². The Kier molecular flexibility index (Phi) is 6.16. The van der Waals surface area contributed by atoms with Gasteiger partial charge in [-0.15, -0.1) is 12.4 Å². The van der Waals surface area contributed by atoms with Crippen LogP contribution >= 0.6 is 12.4 Å². The van der Waals surface area contributed by atoms with E-state index in [1.54, 1.807) is 7.11 Å². The minimum Gasteiger partial charge on any atom is -0.496 e. The zero-order valence-corrected chi connectivity index (χ0v) is 15.7. The Hall–Kier alpha value is -1.26. The molecule has 1 aromatic rings. The largest absolute Gasteiger partial charge is 0.496 e. The second-order valence-corrected chi connectivity index (χ2v) is 7.18. The van der Waals surface area contributed by atoms with Gasteiger partial charge in [0.2, 0.25) is 5.91 Å². The Labute approximate surface area is 151 Å². The van der Waals surface area contributed by atoms with Gasteiger partial charge in [-0.05, 0) is 62.7 Å². The van der Waals surface area contributed by atoms with E-state index in [1.165, 1.54) is 0 Å². The third kappa shape index (κ3) is 3.70. The number of amides is 1. The first-order valence-electron chi connectivity index (χ1n) is 8.67. The van der Waals surface area contributed by atoms with Crippen LogP contribution in [-0.2, 0) is 11.2 Å². The summed E-state index contributed by atoms with van der Waals surface area (Å²) in [4.78, 5) is 14.8. The molecule has 1 heterocycles. The van der Waals surface area contributed by atoms with Crippen molar-refractivity contribution in [2.45, 2.75) is 38.6 Å². The number of nitrogens with one attached hydrogen (secondary N) is 1. The molecule has 4 nitrogen and oxygen atoms in total. The van der Waals surface area contributed by atoms with Gasteiger partial charge in [0.25, 0.3) is 0 Å². The molecule has 1 aliphatic carbocycles. The number of methoxy groups -OCH3 is 1. The SMILES string of the molecule is COc1ccccc1CC(C)N(C)C(=O)C1CC12CCNCC2.Cl. The number of piperidine rings is 1. The molecule has 0 bridgehead atoms. The van der Waals surface area contributed by atoms with Crippen LogP contribution in [0.25, 0.3) is 0 Å². The molecular formula is C19H29ClN2O2. The van der Waals surface area contributed by atoms with Gasteiger partial charge in [-0.3, -0.25) is 4.79 Å². The summed E-state index contributed by atoms with van der Waals surface area (Å²) in [6, 6.07) is 8.25. The Morgan fingerprint density at radius 3 is 2.71 bits per heavy atom. The van der Waals surface area contributed by atoms with Crippen LogP contribution in [0.3, 0.4) is 0 Å². The fourth-order valence-corrected chi connectivity index (χ4v) is 3.96. The van der Waals surface area contributed by atoms with Crippen LogP contribution in [0, 0.1) is 11.3 Å². The first-order chi connectivity index (χ1) is 11.1. The standard InChI is InChI=1S/C19H28N2O2.ClH/c1-14(12-15-6-4-5-7-17(15)23-3)21(2)18(22)16-13-19(16)8-10-20-11-9-19;/h4-7,14,16,20H,8-13H2,1-3H3;1H. The zero-order valence-electron chi connectivity index (χ0n) is 14.9. The first kappa shape index (κ1) is 19.1. The van der Waals surface area contributed by atoms with Crippen molar-refractivity contribution in [1.82, 2.24) is 10.2 Å². The maximum absolute atomic E-state index is 12.8. The third-order valence-electron chi connectivity index (χ3n) is 5.80. The average Bonchev–Trinajstić information content (AvgIpc) is 3.27. The average molecular weight is 353 g/mol. The summed E-state index contributed by atoms with van der Waals surface area (Å²) in [6.07, 6.45) is 4.21. The van der Waals surface area contributed by atoms with Crippen LogP contribution < -0.4 is 10.1 Å². The van der Waals surface area contributed by atoms with Crippen molar-refractivity contribution in [3.05, 3.63) is 29.8 Å². The number of rotatable bonds is 5. The highest BCUT2D eigenvalue weighted by atomic mass is 35.5. The molecule has 1 aromatic carbocycles. The molecule has 1 saturated heterocycles. The molecule has 1 aliphatic heterocycles. The quantitative estimate of drug-likeness (QED) is 0.886. The van der Waals surface area contributed by atoms with Crippen LogP contribution in [0.4, 0.5) is 0 Å². The normalized spacial score (nSPS) is 22.4. The summed E-state index contributed by atoms with van der Waals surface area (Å²) in [5.74, 6) is 1.48. The highest BCUT2D eigenvalue weighted by Gasteiger charge is 2.58. The Bertz CT molecular complexity index is 572. The van der Waals surface area contributed by atoms with Gasteiger partial charge in [0.05, 0.1) is 7.11 Å². The number of carbonyl (C=O) groups excluding carboxylic acids is 1. The van der Waals surface area contributed by atoms with E-state index in [0.717, 1.165) is 50.1 Å². The van der Waals surface area contributed by atoms with Gasteiger partial charge in [0.15, 0.2) is 0 Å².